The first kappa shape index (κ1) is 26.7. The minimum Gasteiger partial charge on any atom is -0.460 e. The van der Waals surface area contributed by atoms with E-state index in [0.717, 1.165) is 6.20 Å². The van der Waals surface area contributed by atoms with Crippen molar-refractivity contribution in [2.75, 3.05) is 5.32 Å². The Balaban J connectivity index is 2.87. The lowest BCUT2D eigenvalue weighted by Crippen LogP contribution is -2.29. The number of nitriles is 1. The molecule has 0 fully saturated rings. The average Bonchev–Trinajstić information content (AvgIpc) is 2.61. The average molecular weight is 443 g/mol. The predicted octanol–water partition coefficient (Wildman–Crippen LogP) is 5.64. The van der Waals surface area contributed by atoms with Gasteiger partial charge in [-0.15, -0.1) is 0 Å². The summed E-state index contributed by atoms with van der Waals surface area (Å²) in [6.45, 7) is 12.1. The molecule has 0 unspecified atom stereocenters. The highest BCUT2D eigenvalue weighted by molar-refractivity contribution is 5.69. The number of carbonyl (C=O) groups is 1. The zero-order valence-electron chi connectivity index (χ0n) is 19.4. The van der Waals surface area contributed by atoms with E-state index in [2.05, 4.69) is 15.3 Å². The van der Waals surface area contributed by atoms with E-state index in [4.69, 9.17) is 4.74 Å². The third-order valence-corrected chi connectivity index (χ3v) is 4.70. The number of nitrogens with one attached hydrogen (secondary N) is 1. The number of halogens is 3. The van der Waals surface area contributed by atoms with Gasteiger partial charge in [0, 0.05) is 24.2 Å². The summed E-state index contributed by atoms with van der Waals surface area (Å²) in [6, 6.07) is 1.70. The molecular formula is C22H33F3N4O2. The van der Waals surface area contributed by atoms with E-state index in [1.54, 1.807) is 0 Å². The Morgan fingerprint density at radius 1 is 1.19 bits per heavy atom. The Bertz CT molecular complexity index is 793. The van der Waals surface area contributed by atoms with Crippen molar-refractivity contribution >= 4 is 11.9 Å². The van der Waals surface area contributed by atoms with E-state index in [1.807, 2.05) is 40.7 Å². The third-order valence-electron chi connectivity index (χ3n) is 4.70. The van der Waals surface area contributed by atoms with Gasteiger partial charge >= 0.3 is 12.1 Å². The first-order valence-corrected chi connectivity index (χ1v) is 10.4. The molecule has 1 aromatic heterocycles. The second-order valence-corrected chi connectivity index (χ2v) is 9.52. The van der Waals surface area contributed by atoms with Crippen LogP contribution in [0.25, 0.3) is 0 Å². The molecule has 9 heteroatoms. The van der Waals surface area contributed by atoms with Crippen LogP contribution >= 0.6 is 0 Å². The van der Waals surface area contributed by atoms with Gasteiger partial charge in [-0.3, -0.25) is 4.79 Å². The highest BCUT2D eigenvalue weighted by atomic mass is 19.4. The first-order chi connectivity index (χ1) is 14.1. The molecule has 0 aromatic carbocycles. The number of hydrogen-bond donors (Lipinski definition) is 1. The molecule has 0 spiro atoms. The molecule has 0 bridgehead atoms. The lowest BCUT2D eigenvalue weighted by Gasteiger charge is -2.25. The van der Waals surface area contributed by atoms with Gasteiger partial charge in [0.25, 0.3) is 0 Å². The van der Waals surface area contributed by atoms with E-state index in [-0.39, 0.29) is 35.9 Å². The number of ether oxygens (including phenoxy) is 1. The SMILES string of the molecule is CC(C)[C@H](CCCCC(=O)OC(C)(C)C)Nc1ncc(C(C)(C)C#N)c(C(F)(F)F)n1. The van der Waals surface area contributed by atoms with Crippen molar-refractivity contribution in [1.29, 1.82) is 5.26 Å². The van der Waals surface area contributed by atoms with E-state index >= 15 is 0 Å². The smallest absolute Gasteiger partial charge is 0.433 e. The van der Waals surface area contributed by atoms with Crippen molar-refractivity contribution < 1.29 is 22.7 Å². The molecule has 6 nitrogen and oxygen atoms in total. The normalized spacial score (nSPS) is 13.6. The van der Waals surface area contributed by atoms with Crippen LogP contribution < -0.4 is 5.32 Å². The molecule has 1 heterocycles. The highest BCUT2D eigenvalue weighted by Gasteiger charge is 2.40. The summed E-state index contributed by atoms with van der Waals surface area (Å²) >= 11 is 0. The van der Waals surface area contributed by atoms with Gasteiger partial charge in [-0.1, -0.05) is 20.3 Å². The predicted molar refractivity (Wildman–Crippen MR) is 112 cm³/mol. The van der Waals surface area contributed by atoms with Crippen LogP contribution in [0.3, 0.4) is 0 Å². The largest absolute Gasteiger partial charge is 0.460 e. The van der Waals surface area contributed by atoms with Crippen LogP contribution in [-0.4, -0.2) is 27.6 Å². The molecule has 0 aliphatic carbocycles. The number of hydrogen-bond acceptors (Lipinski definition) is 6. The number of nitrogens with zero attached hydrogens (tertiary/aromatic N) is 3. The Morgan fingerprint density at radius 2 is 1.81 bits per heavy atom. The zero-order chi connectivity index (χ0) is 24.0. The number of alkyl halides is 3. The van der Waals surface area contributed by atoms with Crippen molar-refractivity contribution in [3.63, 3.8) is 0 Å². The van der Waals surface area contributed by atoms with Crippen LogP contribution in [0.1, 0.15) is 85.4 Å². The summed E-state index contributed by atoms with van der Waals surface area (Å²) in [5.41, 5.74) is -3.27. The summed E-state index contributed by atoms with van der Waals surface area (Å²) in [4.78, 5) is 19.6. The highest BCUT2D eigenvalue weighted by Crippen LogP contribution is 2.36. The maximum atomic E-state index is 13.6. The quantitative estimate of drug-likeness (QED) is 0.394. The fraction of sp³-hybridized carbons (Fsp3) is 0.727. The van der Waals surface area contributed by atoms with Crippen LogP contribution in [0.5, 0.6) is 0 Å². The standard InChI is InChI=1S/C22H33F3N4O2/c1-14(2)16(10-8-9-11-17(30)31-20(3,4)5)28-19-27-12-15(21(6,7)13-26)18(29-19)22(23,24)25/h12,14,16H,8-11H2,1-7H3,(H,27,28,29)/t16-/m0/s1. The molecule has 0 radical (unpaired) electrons. The molecule has 0 aliphatic heterocycles. The van der Waals surface area contributed by atoms with Gasteiger partial charge in [-0.2, -0.15) is 18.4 Å². The van der Waals surface area contributed by atoms with Crippen molar-refractivity contribution in [2.24, 2.45) is 5.92 Å². The van der Waals surface area contributed by atoms with Gasteiger partial charge in [0.15, 0.2) is 5.69 Å². The maximum absolute atomic E-state index is 13.6. The summed E-state index contributed by atoms with van der Waals surface area (Å²) in [7, 11) is 0. The fourth-order valence-corrected chi connectivity index (χ4v) is 2.95. The van der Waals surface area contributed by atoms with E-state index in [9.17, 15) is 23.2 Å². The lowest BCUT2D eigenvalue weighted by molar-refractivity contribution is -0.155. The topological polar surface area (TPSA) is 87.9 Å². The summed E-state index contributed by atoms with van der Waals surface area (Å²) < 4.78 is 46.0. The molecule has 1 rings (SSSR count). The summed E-state index contributed by atoms with van der Waals surface area (Å²) in [6.07, 6.45) is -1.40. The monoisotopic (exact) mass is 442 g/mol. The minimum absolute atomic E-state index is 0.106. The van der Waals surface area contributed by atoms with E-state index < -0.39 is 22.9 Å². The first-order valence-electron chi connectivity index (χ1n) is 10.4. The van der Waals surface area contributed by atoms with Crippen LogP contribution in [0, 0.1) is 17.2 Å². The molecule has 31 heavy (non-hydrogen) atoms. The Morgan fingerprint density at radius 3 is 2.29 bits per heavy atom. The van der Waals surface area contributed by atoms with Crippen molar-refractivity contribution in [3.05, 3.63) is 17.5 Å². The summed E-state index contributed by atoms with van der Waals surface area (Å²) in [5.74, 6) is -0.291. The Kier molecular flexibility index (Phi) is 8.85. The Hall–Kier alpha value is -2.37. The molecule has 0 amide bonds. The molecule has 0 aliphatic rings. The molecule has 0 saturated carbocycles. The van der Waals surface area contributed by atoms with Gasteiger partial charge in [0.05, 0.1) is 11.5 Å². The van der Waals surface area contributed by atoms with Gasteiger partial charge in [0.1, 0.15) is 5.60 Å². The lowest BCUT2D eigenvalue weighted by atomic mass is 9.86. The number of carbonyl (C=O) groups excluding carboxylic acids is 1. The number of rotatable bonds is 9. The van der Waals surface area contributed by atoms with Crippen LogP contribution in [0.15, 0.2) is 6.20 Å². The van der Waals surface area contributed by atoms with E-state index in [1.165, 1.54) is 13.8 Å². The Labute approximate surface area is 182 Å². The van der Waals surface area contributed by atoms with Crippen molar-refractivity contribution in [3.8, 4) is 6.07 Å². The summed E-state index contributed by atoms with van der Waals surface area (Å²) in [5, 5.41) is 12.2. The van der Waals surface area contributed by atoms with Gasteiger partial charge in [0.2, 0.25) is 5.95 Å². The maximum Gasteiger partial charge on any atom is 0.433 e. The molecule has 1 aromatic rings. The number of anilines is 1. The van der Waals surface area contributed by atoms with Crippen molar-refractivity contribution in [1.82, 2.24) is 9.97 Å². The third kappa shape index (κ3) is 8.72. The van der Waals surface area contributed by atoms with Crippen LogP contribution in [-0.2, 0) is 21.1 Å². The second kappa shape index (κ2) is 10.3. The molecule has 174 valence electrons. The molecular weight excluding hydrogens is 409 g/mol. The van der Waals surface area contributed by atoms with Gasteiger partial charge in [-0.25, -0.2) is 9.97 Å². The number of unbranched alkanes of at least 4 members (excludes halogenated alkanes) is 1. The molecule has 0 saturated heterocycles. The van der Waals surface area contributed by atoms with Crippen molar-refractivity contribution in [2.45, 2.75) is 97.4 Å². The van der Waals surface area contributed by atoms with E-state index in [0.29, 0.717) is 19.3 Å². The molecule has 1 N–H and O–H groups in total. The zero-order valence-corrected chi connectivity index (χ0v) is 19.4. The molecule has 1 atom stereocenters. The van der Waals surface area contributed by atoms with Gasteiger partial charge in [-0.05, 0) is 53.4 Å². The minimum atomic E-state index is -4.70. The number of esters is 1. The second-order valence-electron chi connectivity index (χ2n) is 9.52. The number of aromatic nitrogens is 2. The van der Waals surface area contributed by atoms with Crippen LogP contribution in [0.4, 0.5) is 19.1 Å². The van der Waals surface area contributed by atoms with Crippen LogP contribution in [0.2, 0.25) is 0 Å². The van der Waals surface area contributed by atoms with Gasteiger partial charge < -0.3 is 10.1 Å². The fourth-order valence-electron chi connectivity index (χ4n) is 2.95.